The van der Waals surface area contributed by atoms with Crippen LogP contribution in [0.1, 0.15) is 5.56 Å². The average Bonchev–Trinajstić information content (AvgIpc) is 2.52. The normalized spacial score (nSPS) is 32.4. The molecule has 0 bridgehead atoms. The lowest BCUT2D eigenvalue weighted by Gasteiger charge is -2.39. The second kappa shape index (κ2) is 7.37. The maximum Gasteiger partial charge on any atom is 0.186 e. The van der Waals surface area contributed by atoms with Gasteiger partial charge in [0.15, 0.2) is 6.29 Å². The van der Waals surface area contributed by atoms with Gasteiger partial charge in [-0.3, -0.25) is 0 Å². The topological polar surface area (TPSA) is 128 Å². The minimum absolute atomic E-state index is 0.160. The Hall–Kier alpha value is -1.67. The van der Waals surface area contributed by atoms with E-state index in [-0.39, 0.29) is 13.2 Å². The smallest absolute Gasteiger partial charge is 0.186 e. The van der Waals surface area contributed by atoms with Crippen LogP contribution in [0.25, 0.3) is 10.4 Å². The molecule has 1 aromatic rings. The molecular weight excluding hydrogens is 278 g/mol. The van der Waals surface area contributed by atoms with Gasteiger partial charge in [0.25, 0.3) is 0 Å². The largest absolute Gasteiger partial charge is 0.388 e. The van der Waals surface area contributed by atoms with Crippen LogP contribution in [0.3, 0.4) is 0 Å². The van der Waals surface area contributed by atoms with Crippen LogP contribution in [-0.4, -0.2) is 52.6 Å². The number of ether oxygens (including phenoxy) is 2. The third-order valence-electron chi connectivity index (χ3n) is 3.25. The van der Waals surface area contributed by atoms with Crippen molar-refractivity contribution in [2.45, 2.75) is 37.3 Å². The summed E-state index contributed by atoms with van der Waals surface area (Å²) in [7, 11) is 0. The predicted octanol–water partition coefficient (Wildman–Crippen LogP) is 0.321. The van der Waals surface area contributed by atoms with Crippen LogP contribution < -0.4 is 0 Å². The van der Waals surface area contributed by atoms with Gasteiger partial charge in [0.1, 0.15) is 18.3 Å². The molecule has 0 radical (unpaired) electrons. The molecule has 0 saturated carbocycles. The number of rotatable bonds is 5. The Balaban J connectivity index is 1.98. The van der Waals surface area contributed by atoms with Crippen LogP contribution in [0.5, 0.6) is 0 Å². The zero-order valence-corrected chi connectivity index (χ0v) is 11.2. The highest BCUT2D eigenvalue weighted by Gasteiger charge is 2.43. The highest BCUT2D eigenvalue weighted by Crippen LogP contribution is 2.23. The van der Waals surface area contributed by atoms with Crippen molar-refractivity contribution in [3.8, 4) is 0 Å². The Labute approximate surface area is 121 Å². The Morgan fingerprint density at radius 2 is 1.86 bits per heavy atom. The summed E-state index contributed by atoms with van der Waals surface area (Å²) in [4.78, 5) is 2.58. The lowest BCUT2D eigenvalue weighted by Crippen LogP contribution is -2.58. The molecular formula is C13H17N3O5. The molecule has 8 heteroatoms. The van der Waals surface area contributed by atoms with Gasteiger partial charge in [-0.05, 0) is 11.1 Å². The maximum atomic E-state index is 9.87. The molecule has 2 rings (SSSR count). The van der Waals surface area contributed by atoms with Crippen molar-refractivity contribution in [1.82, 2.24) is 0 Å². The van der Waals surface area contributed by atoms with Gasteiger partial charge in [-0.2, -0.15) is 0 Å². The molecule has 3 N–H and O–H groups in total. The molecule has 0 aromatic heterocycles. The number of hydrogen-bond donors (Lipinski definition) is 3. The average molecular weight is 295 g/mol. The van der Waals surface area contributed by atoms with E-state index in [2.05, 4.69) is 10.0 Å². The number of benzene rings is 1. The van der Waals surface area contributed by atoms with Gasteiger partial charge in [0.05, 0.1) is 19.3 Å². The Kier molecular flexibility index (Phi) is 5.51. The minimum atomic E-state index is -1.43. The highest BCUT2D eigenvalue weighted by molar-refractivity contribution is 5.13. The van der Waals surface area contributed by atoms with Crippen molar-refractivity contribution in [2.24, 2.45) is 5.11 Å². The first kappa shape index (κ1) is 15.7. The van der Waals surface area contributed by atoms with Crippen molar-refractivity contribution in [3.05, 3.63) is 46.3 Å². The van der Waals surface area contributed by atoms with Crippen molar-refractivity contribution in [1.29, 1.82) is 0 Å². The number of azide groups is 1. The number of nitrogens with zero attached hydrogens (tertiary/aromatic N) is 3. The molecule has 1 aromatic carbocycles. The molecule has 0 aliphatic carbocycles. The zero-order chi connectivity index (χ0) is 15.2. The lowest BCUT2D eigenvalue weighted by molar-refractivity contribution is -0.297. The number of hydrogen-bond acceptors (Lipinski definition) is 6. The molecule has 114 valence electrons. The van der Waals surface area contributed by atoms with Crippen molar-refractivity contribution < 1.29 is 24.8 Å². The van der Waals surface area contributed by atoms with Gasteiger partial charge < -0.3 is 24.8 Å². The van der Waals surface area contributed by atoms with E-state index in [4.69, 9.17) is 15.0 Å². The van der Waals surface area contributed by atoms with E-state index in [1.54, 1.807) is 0 Å². The molecule has 0 spiro atoms. The Bertz CT molecular complexity index is 494. The van der Waals surface area contributed by atoms with Crippen LogP contribution >= 0.6 is 0 Å². The molecule has 0 amide bonds. The van der Waals surface area contributed by atoms with Gasteiger partial charge in [0, 0.05) is 4.91 Å². The third kappa shape index (κ3) is 3.92. The standard InChI is InChI=1S/C13H17N3O5/c14-16-15-6-9-10(17)11(18)12(19)13(21-9)20-7-8-4-2-1-3-5-8/h1-5,9-13,17-19H,6-7H2/t9-,10-,11+,12+,13+/m1/s1. The van der Waals surface area contributed by atoms with Crippen molar-refractivity contribution in [2.75, 3.05) is 6.54 Å². The lowest BCUT2D eigenvalue weighted by atomic mass is 9.99. The molecule has 1 saturated heterocycles. The van der Waals surface area contributed by atoms with Crippen LogP contribution in [0.4, 0.5) is 0 Å². The van der Waals surface area contributed by atoms with E-state index < -0.39 is 30.7 Å². The molecule has 1 fully saturated rings. The molecule has 8 nitrogen and oxygen atoms in total. The zero-order valence-electron chi connectivity index (χ0n) is 11.2. The second-order valence-corrected chi connectivity index (χ2v) is 4.72. The van der Waals surface area contributed by atoms with E-state index in [1.807, 2.05) is 30.3 Å². The van der Waals surface area contributed by atoms with Crippen LogP contribution in [0.15, 0.2) is 35.4 Å². The van der Waals surface area contributed by atoms with Gasteiger partial charge in [0.2, 0.25) is 0 Å². The molecule has 21 heavy (non-hydrogen) atoms. The van der Waals surface area contributed by atoms with E-state index in [1.165, 1.54) is 0 Å². The summed E-state index contributed by atoms with van der Waals surface area (Å²) < 4.78 is 10.8. The first-order valence-electron chi connectivity index (χ1n) is 6.49. The summed E-state index contributed by atoms with van der Waals surface area (Å²) in [5.74, 6) is 0. The van der Waals surface area contributed by atoms with Crippen LogP contribution in [-0.2, 0) is 16.1 Å². The summed E-state index contributed by atoms with van der Waals surface area (Å²) in [5.41, 5.74) is 9.17. The molecule has 5 atom stereocenters. The van der Waals surface area contributed by atoms with Gasteiger partial charge in [-0.25, -0.2) is 0 Å². The van der Waals surface area contributed by atoms with Gasteiger partial charge in [-0.1, -0.05) is 35.4 Å². The van der Waals surface area contributed by atoms with Crippen LogP contribution in [0.2, 0.25) is 0 Å². The van der Waals surface area contributed by atoms with Gasteiger partial charge in [-0.15, -0.1) is 0 Å². The molecule has 0 unspecified atom stereocenters. The van der Waals surface area contributed by atoms with E-state index >= 15 is 0 Å². The SMILES string of the molecule is [N-]=[N+]=NC[C@H]1O[C@H](OCc2ccccc2)[C@@H](O)[C@@H](O)[C@@H]1O. The molecule has 1 aliphatic rings. The van der Waals surface area contributed by atoms with E-state index in [0.29, 0.717) is 0 Å². The fraction of sp³-hybridized carbons (Fsp3) is 0.538. The first-order chi connectivity index (χ1) is 10.1. The summed E-state index contributed by atoms with van der Waals surface area (Å²) in [6.45, 7) is 0.0201. The van der Waals surface area contributed by atoms with Crippen molar-refractivity contribution >= 4 is 0 Å². The van der Waals surface area contributed by atoms with E-state index in [0.717, 1.165) is 5.56 Å². The third-order valence-corrected chi connectivity index (χ3v) is 3.25. The monoisotopic (exact) mass is 295 g/mol. The van der Waals surface area contributed by atoms with Crippen molar-refractivity contribution in [3.63, 3.8) is 0 Å². The fourth-order valence-corrected chi connectivity index (χ4v) is 2.07. The summed E-state index contributed by atoms with van der Waals surface area (Å²) in [6, 6.07) is 9.25. The predicted molar refractivity (Wildman–Crippen MR) is 71.9 cm³/mol. The quantitative estimate of drug-likeness (QED) is 0.409. The minimum Gasteiger partial charge on any atom is -0.388 e. The Morgan fingerprint density at radius 3 is 2.52 bits per heavy atom. The fourth-order valence-electron chi connectivity index (χ4n) is 2.07. The maximum absolute atomic E-state index is 9.87. The van der Waals surface area contributed by atoms with Gasteiger partial charge >= 0.3 is 0 Å². The molecule has 1 heterocycles. The van der Waals surface area contributed by atoms with E-state index in [9.17, 15) is 15.3 Å². The summed E-state index contributed by atoms with van der Waals surface area (Å²) in [5, 5.41) is 32.7. The summed E-state index contributed by atoms with van der Waals surface area (Å²) >= 11 is 0. The highest BCUT2D eigenvalue weighted by atomic mass is 16.7. The second-order valence-electron chi connectivity index (χ2n) is 4.72. The first-order valence-corrected chi connectivity index (χ1v) is 6.49. The number of aliphatic hydroxyl groups excluding tert-OH is 3. The molecule has 1 aliphatic heterocycles. The Morgan fingerprint density at radius 1 is 1.14 bits per heavy atom. The number of aliphatic hydroxyl groups is 3. The summed E-state index contributed by atoms with van der Waals surface area (Å²) in [6.07, 6.45) is -6.20. The van der Waals surface area contributed by atoms with Crippen LogP contribution in [0, 0.1) is 0 Å².